The summed E-state index contributed by atoms with van der Waals surface area (Å²) in [6.07, 6.45) is 0.935. The van der Waals surface area contributed by atoms with Crippen molar-refractivity contribution in [1.29, 1.82) is 0 Å². The Morgan fingerprint density at radius 1 is 1.27 bits per heavy atom. The summed E-state index contributed by atoms with van der Waals surface area (Å²) in [6, 6.07) is 6.15. The average molecular weight is 247 g/mol. The fourth-order valence-corrected chi connectivity index (χ4v) is 3.01. The molecule has 0 atom stereocenters. The van der Waals surface area contributed by atoms with Crippen LogP contribution in [-0.2, 0) is 9.84 Å². The van der Waals surface area contributed by atoms with E-state index in [0.717, 1.165) is 0 Å². The number of benzene rings is 1. The first-order valence-electron chi connectivity index (χ1n) is 4.45. The Kier molecular flexibility index (Phi) is 4.29. The van der Waals surface area contributed by atoms with E-state index in [9.17, 15) is 13.2 Å². The van der Waals surface area contributed by atoms with Crippen LogP contribution in [0.25, 0.3) is 0 Å². The van der Waals surface area contributed by atoms with E-state index in [2.05, 4.69) is 0 Å². The number of halogens is 1. The largest absolute Gasteiger partial charge is 0.298 e. The molecule has 0 fully saturated rings. The summed E-state index contributed by atoms with van der Waals surface area (Å²) in [5.41, 5.74) is 0.201. The third-order valence-electron chi connectivity index (χ3n) is 1.93. The van der Waals surface area contributed by atoms with Gasteiger partial charge in [0.2, 0.25) is 0 Å². The second-order valence-electron chi connectivity index (χ2n) is 3.02. The van der Waals surface area contributed by atoms with E-state index in [-0.39, 0.29) is 16.2 Å². The number of carbonyl (C=O) groups excluding carboxylic acids is 1. The Balaban J connectivity index is 3.09. The molecule has 1 aromatic carbocycles. The molecule has 0 saturated carbocycles. The Labute approximate surface area is 94.0 Å². The highest BCUT2D eigenvalue weighted by Crippen LogP contribution is 2.16. The van der Waals surface area contributed by atoms with Gasteiger partial charge >= 0.3 is 0 Å². The Morgan fingerprint density at radius 2 is 1.93 bits per heavy atom. The van der Waals surface area contributed by atoms with Crippen molar-refractivity contribution in [3.05, 3.63) is 29.8 Å². The smallest absolute Gasteiger partial charge is 0.179 e. The molecule has 0 N–H and O–H groups in total. The SMILES string of the molecule is O=Cc1ccccc1S(=O)(=O)CCCCl. The van der Waals surface area contributed by atoms with Gasteiger partial charge in [-0.25, -0.2) is 8.42 Å². The molecular formula is C10H11ClO3S. The van der Waals surface area contributed by atoms with E-state index in [1.54, 1.807) is 12.1 Å². The van der Waals surface area contributed by atoms with Crippen molar-refractivity contribution in [2.75, 3.05) is 11.6 Å². The van der Waals surface area contributed by atoms with Gasteiger partial charge in [-0.1, -0.05) is 18.2 Å². The van der Waals surface area contributed by atoms with Crippen LogP contribution in [0, 0.1) is 0 Å². The topological polar surface area (TPSA) is 51.2 Å². The molecule has 0 radical (unpaired) electrons. The first kappa shape index (κ1) is 12.2. The van der Waals surface area contributed by atoms with Gasteiger partial charge < -0.3 is 0 Å². The lowest BCUT2D eigenvalue weighted by atomic mass is 10.2. The summed E-state index contributed by atoms with van der Waals surface area (Å²) in [7, 11) is -3.38. The quantitative estimate of drug-likeness (QED) is 0.589. The number of hydrogen-bond acceptors (Lipinski definition) is 3. The summed E-state index contributed by atoms with van der Waals surface area (Å²) in [5, 5.41) is 0. The molecule has 0 aromatic heterocycles. The van der Waals surface area contributed by atoms with Gasteiger partial charge in [0.25, 0.3) is 0 Å². The van der Waals surface area contributed by atoms with Crippen molar-refractivity contribution in [2.24, 2.45) is 0 Å². The van der Waals surface area contributed by atoms with Gasteiger partial charge in [-0.3, -0.25) is 4.79 Å². The Hall–Kier alpha value is -0.870. The maximum absolute atomic E-state index is 11.8. The molecule has 0 spiro atoms. The molecule has 0 saturated heterocycles. The predicted molar refractivity (Wildman–Crippen MR) is 59.2 cm³/mol. The number of hydrogen-bond donors (Lipinski definition) is 0. The zero-order chi connectivity index (χ0) is 11.3. The molecule has 1 rings (SSSR count). The molecule has 0 heterocycles. The van der Waals surface area contributed by atoms with Crippen LogP contribution in [0.3, 0.4) is 0 Å². The molecule has 15 heavy (non-hydrogen) atoms. The van der Waals surface area contributed by atoms with Gasteiger partial charge in [-0.05, 0) is 12.5 Å². The van der Waals surface area contributed by atoms with Crippen LogP contribution < -0.4 is 0 Å². The van der Waals surface area contributed by atoms with Gasteiger partial charge in [0.1, 0.15) is 0 Å². The molecule has 0 bridgehead atoms. The second kappa shape index (κ2) is 5.28. The summed E-state index contributed by atoms with van der Waals surface area (Å²) in [5.74, 6) is 0.268. The van der Waals surface area contributed by atoms with E-state index < -0.39 is 9.84 Å². The number of aldehydes is 1. The van der Waals surface area contributed by atoms with E-state index in [1.807, 2.05) is 0 Å². The van der Waals surface area contributed by atoms with Gasteiger partial charge in [-0.2, -0.15) is 0 Å². The molecule has 5 heteroatoms. The predicted octanol–water partition coefficient (Wildman–Crippen LogP) is 1.90. The van der Waals surface area contributed by atoms with Crippen molar-refractivity contribution < 1.29 is 13.2 Å². The fraction of sp³-hybridized carbons (Fsp3) is 0.300. The lowest BCUT2D eigenvalue weighted by Gasteiger charge is -2.05. The summed E-state index contributed by atoms with van der Waals surface area (Å²) in [6.45, 7) is 0. The highest BCUT2D eigenvalue weighted by atomic mass is 35.5. The van der Waals surface area contributed by atoms with Crippen LogP contribution in [0.15, 0.2) is 29.2 Å². The zero-order valence-electron chi connectivity index (χ0n) is 8.02. The Bertz CT molecular complexity index is 440. The minimum atomic E-state index is -3.38. The molecular weight excluding hydrogens is 236 g/mol. The van der Waals surface area contributed by atoms with Gasteiger partial charge in [0.05, 0.1) is 10.6 Å². The van der Waals surface area contributed by atoms with E-state index in [4.69, 9.17) is 11.6 Å². The van der Waals surface area contributed by atoms with Crippen LogP contribution in [0.2, 0.25) is 0 Å². The second-order valence-corrected chi connectivity index (χ2v) is 5.47. The number of alkyl halides is 1. The standard InChI is InChI=1S/C10H11ClO3S/c11-6-3-7-15(13,14)10-5-2-1-4-9(10)8-12/h1-2,4-5,8H,3,6-7H2. The maximum Gasteiger partial charge on any atom is 0.179 e. The van der Waals surface area contributed by atoms with Gasteiger partial charge in [-0.15, -0.1) is 11.6 Å². The van der Waals surface area contributed by atoms with E-state index in [0.29, 0.717) is 18.6 Å². The summed E-state index contributed by atoms with van der Waals surface area (Å²) < 4.78 is 23.5. The molecule has 1 aromatic rings. The van der Waals surface area contributed by atoms with Crippen molar-refractivity contribution in [3.63, 3.8) is 0 Å². The summed E-state index contributed by atoms with van der Waals surface area (Å²) in [4.78, 5) is 10.7. The average Bonchev–Trinajstić information content (AvgIpc) is 2.26. The normalized spacial score (nSPS) is 11.3. The number of carbonyl (C=O) groups is 1. The van der Waals surface area contributed by atoms with Crippen LogP contribution in [0.1, 0.15) is 16.8 Å². The lowest BCUT2D eigenvalue weighted by Crippen LogP contribution is -2.09. The molecule has 82 valence electrons. The Morgan fingerprint density at radius 3 is 2.53 bits per heavy atom. The molecule has 0 unspecified atom stereocenters. The number of rotatable bonds is 5. The van der Waals surface area contributed by atoms with E-state index >= 15 is 0 Å². The minimum absolute atomic E-state index is 0.0264. The van der Waals surface area contributed by atoms with Crippen molar-refractivity contribution in [1.82, 2.24) is 0 Å². The molecule has 0 aliphatic rings. The molecule has 0 aliphatic carbocycles. The van der Waals surface area contributed by atoms with Crippen LogP contribution in [0.5, 0.6) is 0 Å². The van der Waals surface area contributed by atoms with Gasteiger partial charge in [0, 0.05) is 11.4 Å². The number of sulfone groups is 1. The monoisotopic (exact) mass is 246 g/mol. The molecule has 3 nitrogen and oxygen atoms in total. The van der Waals surface area contributed by atoms with Crippen LogP contribution in [0.4, 0.5) is 0 Å². The first-order valence-corrected chi connectivity index (χ1v) is 6.63. The van der Waals surface area contributed by atoms with Crippen LogP contribution >= 0.6 is 11.6 Å². The zero-order valence-corrected chi connectivity index (χ0v) is 9.59. The molecule has 0 aliphatic heterocycles. The van der Waals surface area contributed by atoms with Crippen molar-refractivity contribution in [2.45, 2.75) is 11.3 Å². The van der Waals surface area contributed by atoms with Crippen LogP contribution in [-0.4, -0.2) is 26.3 Å². The summed E-state index contributed by atoms with van der Waals surface area (Å²) >= 11 is 5.43. The lowest BCUT2D eigenvalue weighted by molar-refractivity contribution is 0.112. The van der Waals surface area contributed by atoms with Gasteiger partial charge in [0.15, 0.2) is 16.1 Å². The maximum atomic E-state index is 11.8. The first-order chi connectivity index (χ1) is 7.11. The molecule has 0 amide bonds. The fourth-order valence-electron chi connectivity index (χ4n) is 1.22. The minimum Gasteiger partial charge on any atom is -0.298 e. The third-order valence-corrected chi connectivity index (χ3v) is 4.06. The van der Waals surface area contributed by atoms with E-state index in [1.165, 1.54) is 12.1 Å². The third kappa shape index (κ3) is 3.04. The van der Waals surface area contributed by atoms with Crippen molar-refractivity contribution in [3.8, 4) is 0 Å². The highest BCUT2D eigenvalue weighted by molar-refractivity contribution is 7.91. The van der Waals surface area contributed by atoms with Crippen molar-refractivity contribution >= 4 is 27.7 Å². The highest BCUT2D eigenvalue weighted by Gasteiger charge is 2.17.